The van der Waals surface area contributed by atoms with Crippen LogP contribution in [0.2, 0.25) is 0 Å². The van der Waals surface area contributed by atoms with Gasteiger partial charge in [-0.25, -0.2) is 4.98 Å². The number of rotatable bonds is 3. The molecule has 3 aromatic rings. The van der Waals surface area contributed by atoms with E-state index in [0.717, 1.165) is 30.1 Å². The molecule has 8 heteroatoms. The number of likely N-dealkylation sites (N-methyl/N-ethyl adjacent to an activating group) is 1. The minimum atomic E-state index is -0.432. The second kappa shape index (κ2) is 6.55. The topological polar surface area (TPSA) is 78.1 Å². The maximum Gasteiger partial charge on any atom is 0.263 e. The average Bonchev–Trinajstić information content (AvgIpc) is 3.23. The van der Waals surface area contributed by atoms with Crippen molar-refractivity contribution in [3.8, 4) is 10.6 Å². The number of pyridine rings is 1. The van der Waals surface area contributed by atoms with Crippen LogP contribution < -0.4 is 10.9 Å². The van der Waals surface area contributed by atoms with Gasteiger partial charge in [0.05, 0.1) is 16.3 Å². The van der Waals surface area contributed by atoms with Crippen LogP contribution in [0.25, 0.3) is 10.6 Å². The second-order valence-electron chi connectivity index (χ2n) is 5.92. The van der Waals surface area contributed by atoms with Gasteiger partial charge in [0.15, 0.2) is 5.13 Å². The average molecular weight is 372 g/mol. The number of aromatic amines is 1. The molecule has 0 bridgehead atoms. The standard InChI is InChI=1S/C17H16N4O2S2/c1-21-7-6-12-14(9-21)25-17(19-12)20-16(23)10-4-5-11(18-15(10)22)13-3-2-8-24-13/h2-5,8H,6-7,9H2,1H3,(H,18,22)(H,19,20,23). The van der Waals surface area contributed by atoms with Gasteiger partial charge in [-0.3, -0.25) is 14.9 Å². The first-order valence-electron chi connectivity index (χ1n) is 7.86. The molecular weight excluding hydrogens is 356 g/mol. The van der Waals surface area contributed by atoms with Crippen molar-refractivity contribution in [2.24, 2.45) is 0 Å². The van der Waals surface area contributed by atoms with Gasteiger partial charge in [0, 0.05) is 24.4 Å². The van der Waals surface area contributed by atoms with Crippen LogP contribution in [0.5, 0.6) is 0 Å². The summed E-state index contributed by atoms with van der Waals surface area (Å²) in [6, 6.07) is 7.15. The maximum atomic E-state index is 12.4. The summed E-state index contributed by atoms with van der Waals surface area (Å²) in [6.45, 7) is 1.81. The molecule has 6 nitrogen and oxygen atoms in total. The molecule has 0 radical (unpaired) electrons. The van der Waals surface area contributed by atoms with Crippen LogP contribution in [0.4, 0.5) is 5.13 Å². The van der Waals surface area contributed by atoms with Gasteiger partial charge in [0.25, 0.3) is 11.5 Å². The van der Waals surface area contributed by atoms with E-state index < -0.39 is 11.5 Å². The van der Waals surface area contributed by atoms with Gasteiger partial charge in [0.2, 0.25) is 0 Å². The van der Waals surface area contributed by atoms with Crippen LogP contribution in [0.15, 0.2) is 34.4 Å². The molecule has 3 aromatic heterocycles. The predicted octanol–water partition coefficient (Wildman–Crippen LogP) is 2.80. The quantitative estimate of drug-likeness (QED) is 0.741. The summed E-state index contributed by atoms with van der Waals surface area (Å²) in [4.78, 5) is 36.3. The minimum Gasteiger partial charge on any atom is -0.321 e. The highest BCUT2D eigenvalue weighted by Crippen LogP contribution is 2.28. The van der Waals surface area contributed by atoms with Gasteiger partial charge in [0.1, 0.15) is 5.56 Å². The highest BCUT2D eigenvalue weighted by molar-refractivity contribution is 7.16. The van der Waals surface area contributed by atoms with E-state index in [1.165, 1.54) is 27.6 Å². The summed E-state index contributed by atoms with van der Waals surface area (Å²) >= 11 is 3.01. The molecule has 0 saturated heterocycles. The Hall–Kier alpha value is -2.29. The smallest absolute Gasteiger partial charge is 0.263 e. The second-order valence-corrected chi connectivity index (χ2v) is 7.95. The third-order valence-corrected chi connectivity index (χ3v) is 5.98. The van der Waals surface area contributed by atoms with Crippen LogP contribution in [0.3, 0.4) is 0 Å². The molecule has 0 saturated carbocycles. The van der Waals surface area contributed by atoms with Crippen molar-refractivity contribution in [3.63, 3.8) is 0 Å². The first kappa shape index (κ1) is 16.2. The Balaban J connectivity index is 1.54. The van der Waals surface area contributed by atoms with Crippen LogP contribution in [0, 0.1) is 0 Å². The molecule has 4 heterocycles. The normalized spacial score (nSPS) is 14.3. The highest BCUT2D eigenvalue weighted by atomic mass is 32.1. The van der Waals surface area contributed by atoms with E-state index >= 15 is 0 Å². The largest absolute Gasteiger partial charge is 0.321 e. The number of thiazole rings is 1. The van der Waals surface area contributed by atoms with E-state index in [9.17, 15) is 9.59 Å². The van der Waals surface area contributed by atoms with Gasteiger partial charge in [-0.1, -0.05) is 6.07 Å². The Morgan fingerprint density at radius 2 is 2.24 bits per heavy atom. The lowest BCUT2D eigenvalue weighted by Gasteiger charge is -2.20. The Morgan fingerprint density at radius 1 is 1.36 bits per heavy atom. The van der Waals surface area contributed by atoms with Crippen LogP contribution in [-0.2, 0) is 13.0 Å². The molecule has 2 N–H and O–H groups in total. The van der Waals surface area contributed by atoms with Crippen LogP contribution in [-0.4, -0.2) is 34.4 Å². The molecule has 0 spiro atoms. The molecule has 4 rings (SSSR count). The lowest BCUT2D eigenvalue weighted by atomic mass is 10.2. The zero-order valence-electron chi connectivity index (χ0n) is 13.5. The Bertz CT molecular complexity index is 975. The van der Waals surface area contributed by atoms with Crippen molar-refractivity contribution in [1.29, 1.82) is 0 Å². The minimum absolute atomic E-state index is 0.0885. The SMILES string of the molecule is CN1CCc2nc(NC(=O)c3ccc(-c4cccs4)[nH]c3=O)sc2C1. The van der Waals surface area contributed by atoms with Crippen LogP contribution >= 0.6 is 22.7 Å². The van der Waals surface area contributed by atoms with Gasteiger partial charge >= 0.3 is 0 Å². The molecule has 1 aliphatic heterocycles. The van der Waals surface area contributed by atoms with E-state index in [2.05, 4.69) is 27.2 Å². The Labute approximate surface area is 152 Å². The summed E-state index contributed by atoms with van der Waals surface area (Å²) in [5.74, 6) is -0.432. The van der Waals surface area contributed by atoms with E-state index in [-0.39, 0.29) is 5.56 Å². The van der Waals surface area contributed by atoms with E-state index in [1.54, 1.807) is 12.1 Å². The number of aromatic nitrogens is 2. The van der Waals surface area contributed by atoms with E-state index in [1.807, 2.05) is 17.5 Å². The third kappa shape index (κ3) is 3.28. The van der Waals surface area contributed by atoms with Crippen molar-refractivity contribution in [3.05, 3.63) is 56.1 Å². The number of hydrogen-bond acceptors (Lipinski definition) is 6. The van der Waals surface area contributed by atoms with Crippen molar-refractivity contribution < 1.29 is 4.79 Å². The number of nitrogens with one attached hydrogen (secondary N) is 2. The van der Waals surface area contributed by atoms with Crippen LogP contribution in [0.1, 0.15) is 20.9 Å². The Kier molecular flexibility index (Phi) is 4.24. The third-order valence-electron chi connectivity index (χ3n) is 4.08. The summed E-state index contributed by atoms with van der Waals surface area (Å²) in [7, 11) is 2.07. The first-order chi connectivity index (χ1) is 12.1. The molecule has 0 atom stereocenters. The molecular formula is C17H16N4O2S2. The van der Waals surface area contributed by atoms with Crippen molar-refractivity contribution in [1.82, 2.24) is 14.9 Å². The van der Waals surface area contributed by atoms with E-state index in [0.29, 0.717) is 10.8 Å². The molecule has 0 aromatic carbocycles. The van der Waals surface area contributed by atoms with Crippen molar-refractivity contribution in [2.75, 3.05) is 18.9 Å². The van der Waals surface area contributed by atoms with Gasteiger partial charge in [-0.05, 0) is 30.6 Å². The van der Waals surface area contributed by atoms with Crippen molar-refractivity contribution >= 4 is 33.7 Å². The molecule has 25 heavy (non-hydrogen) atoms. The van der Waals surface area contributed by atoms with Crippen molar-refractivity contribution in [2.45, 2.75) is 13.0 Å². The summed E-state index contributed by atoms with van der Waals surface area (Å²) in [6.07, 6.45) is 0.883. The first-order valence-corrected chi connectivity index (χ1v) is 9.55. The zero-order valence-corrected chi connectivity index (χ0v) is 15.2. The van der Waals surface area contributed by atoms with E-state index in [4.69, 9.17) is 0 Å². The molecule has 1 aliphatic rings. The van der Waals surface area contributed by atoms with Gasteiger partial charge in [-0.15, -0.1) is 22.7 Å². The molecule has 0 fully saturated rings. The number of fused-ring (bicyclic) bond motifs is 1. The lowest BCUT2D eigenvalue weighted by Crippen LogP contribution is -2.25. The monoisotopic (exact) mass is 372 g/mol. The Morgan fingerprint density at radius 3 is 3.00 bits per heavy atom. The maximum absolute atomic E-state index is 12.4. The summed E-state index contributed by atoms with van der Waals surface area (Å²) in [5, 5.41) is 5.25. The zero-order chi connectivity index (χ0) is 17.4. The fraction of sp³-hybridized carbons (Fsp3) is 0.235. The molecule has 128 valence electrons. The summed E-state index contributed by atoms with van der Waals surface area (Å²) < 4.78 is 0. The molecule has 1 amide bonds. The number of H-pyrrole nitrogens is 1. The highest BCUT2D eigenvalue weighted by Gasteiger charge is 2.20. The van der Waals surface area contributed by atoms with Gasteiger partial charge < -0.3 is 9.88 Å². The number of carbonyl (C=O) groups excluding carboxylic acids is 1. The number of nitrogens with zero attached hydrogens (tertiary/aromatic N) is 2. The lowest BCUT2D eigenvalue weighted by molar-refractivity contribution is 0.102. The predicted molar refractivity (Wildman–Crippen MR) is 100 cm³/mol. The molecule has 0 unspecified atom stereocenters. The fourth-order valence-electron chi connectivity index (χ4n) is 2.77. The molecule has 0 aliphatic carbocycles. The number of carbonyl (C=O) groups is 1. The number of anilines is 1. The number of hydrogen-bond donors (Lipinski definition) is 2. The number of thiophene rings is 1. The van der Waals surface area contributed by atoms with Gasteiger partial charge in [-0.2, -0.15) is 0 Å². The summed E-state index contributed by atoms with van der Waals surface area (Å²) in [5.41, 5.74) is 1.44. The number of amides is 1. The fourth-order valence-corrected chi connectivity index (χ4v) is 4.56.